The van der Waals surface area contributed by atoms with Crippen molar-refractivity contribution in [1.29, 1.82) is 0 Å². The molecule has 0 aromatic heterocycles. The summed E-state index contributed by atoms with van der Waals surface area (Å²) in [5.41, 5.74) is 0. The van der Waals surface area contributed by atoms with Crippen LogP contribution in [0.25, 0.3) is 0 Å². The Morgan fingerprint density at radius 1 is 0.469 bits per heavy atom. The van der Waals surface area contributed by atoms with E-state index in [-0.39, 0.29) is 6.09 Å². The molecule has 0 radical (unpaired) electrons. The molecule has 3 nitrogen and oxygen atoms in total. The van der Waals surface area contributed by atoms with Crippen LogP contribution in [0.3, 0.4) is 0 Å². The molecule has 0 aromatic rings. The van der Waals surface area contributed by atoms with Gasteiger partial charge in [0.1, 0.15) is 0 Å². The van der Waals surface area contributed by atoms with Crippen LogP contribution in [0.2, 0.25) is 0 Å². The Morgan fingerprint density at radius 2 is 0.781 bits per heavy atom. The van der Waals surface area contributed by atoms with Gasteiger partial charge in [0.2, 0.25) is 0 Å². The summed E-state index contributed by atoms with van der Waals surface area (Å²) in [6, 6.07) is 0. The van der Waals surface area contributed by atoms with Gasteiger partial charge in [-0.25, -0.2) is 4.79 Å². The molecule has 3 heteroatoms. The summed E-state index contributed by atoms with van der Waals surface area (Å²) in [5, 5.41) is 0. The Kier molecular flexibility index (Phi) is 25.9. The molecule has 0 aliphatic rings. The second kappa shape index (κ2) is 26.5. The first-order valence-electron chi connectivity index (χ1n) is 14.7. The minimum atomic E-state index is -0.0653. The quantitative estimate of drug-likeness (QED) is 0.129. The molecule has 0 aromatic carbocycles. The monoisotopic (exact) mass is 453 g/mol. The first kappa shape index (κ1) is 31.3. The topological polar surface area (TPSA) is 29.5 Å². The Morgan fingerprint density at radius 3 is 1.16 bits per heavy atom. The first-order valence-corrected chi connectivity index (χ1v) is 14.7. The largest absolute Gasteiger partial charge is 0.449 e. The molecular weight excluding hydrogens is 394 g/mol. The maximum absolute atomic E-state index is 12.7. The number of unbranched alkanes of at least 4 members (excludes halogenated alkanes) is 19. The molecule has 32 heavy (non-hydrogen) atoms. The normalized spacial score (nSPS) is 11.1. The van der Waals surface area contributed by atoms with Gasteiger partial charge < -0.3 is 9.64 Å². The van der Waals surface area contributed by atoms with Gasteiger partial charge in [0.05, 0.1) is 6.61 Å². The van der Waals surface area contributed by atoms with Gasteiger partial charge >= 0.3 is 6.09 Å². The van der Waals surface area contributed by atoms with Crippen molar-refractivity contribution >= 4 is 6.09 Å². The molecule has 0 saturated carbocycles. The third-order valence-electron chi connectivity index (χ3n) is 6.54. The number of rotatable bonds is 25. The second-order valence-electron chi connectivity index (χ2n) is 9.82. The molecule has 0 rings (SSSR count). The van der Waals surface area contributed by atoms with Crippen molar-refractivity contribution < 1.29 is 9.53 Å². The Bertz CT molecular complexity index is 352. The zero-order chi connectivity index (χ0) is 23.5. The van der Waals surface area contributed by atoms with Crippen LogP contribution >= 0.6 is 0 Å². The minimum absolute atomic E-state index is 0.0653. The Balaban J connectivity index is 4.04. The lowest BCUT2D eigenvalue weighted by Gasteiger charge is -2.22. The van der Waals surface area contributed by atoms with Crippen LogP contribution in [0.15, 0.2) is 0 Å². The van der Waals surface area contributed by atoms with Crippen molar-refractivity contribution in [3.8, 4) is 0 Å². The number of carbonyl (C=O) groups is 1. The highest BCUT2D eigenvalue weighted by Gasteiger charge is 2.14. The summed E-state index contributed by atoms with van der Waals surface area (Å²) in [4.78, 5) is 14.7. The van der Waals surface area contributed by atoms with Crippen molar-refractivity contribution in [2.75, 3.05) is 19.7 Å². The van der Waals surface area contributed by atoms with Crippen LogP contribution in [0.4, 0.5) is 4.79 Å². The SMILES string of the molecule is CCCCCCCCCCN(CCCCCCCCCC)C(=O)OCCCCCCCC. The van der Waals surface area contributed by atoms with Gasteiger partial charge in [-0.15, -0.1) is 0 Å². The minimum Gasteiger partial charge on any atom is -0.449 e. The molecule has 1 amide bonds. The van der Waals surface area contributed by atoms with E-state index in [9.17, 15) is 4.79 Å². The lowest BCUT2D eigenvalue weighted by atomic mass is 10.1. The van der Waals surface area contributed by atoms with Crippen molar-refractivity contribution in [3.63, 3.8) is 0 Å². The fourth-order valence-electron chi connectivity index (χ4n) is 4.30. The molecule has 0 atom stereocenters. The average Bonchev–Trinajstić information content (AvgIpc) is 2.80. The van der Waals surface area contributed by atoms with Gasteiger partial charge in [-0.3, -0.25) is 0 Å². The van der Waals surface area contributed by atoms with Crippen molar-refractivity contribution in [2.45, 2.75) is 162 Å². The highest BCUT2D eigenvalue weighted by molar-refractivity contribution is 5.67. The maximum Gasteiger partial charge on any atom is 0.409 e. The molecule has 192 valence electrons. The lowest BCUT2D eigenvalue weighted by Crippen LogP contribution is -2.33. The second-order valence-corrected chi connectivity index (χ2v) is 9.82. The summed E-state index contributed by atoms with van der Waals surface area (Å²) < 4.78 is 5.64. The summed E-state index contributed by atoms with van der Waals surface area (Å²) in [7, 11) is 0. The van der Waals surface area contributed by atoms with Crippen molar-refractivity contribution in [1.82, 2.24) is 4.90 Å². The molecule has 0 saturated heterocycles. The maximum atomic E-state index is 12.7. The summed E-state index contributed by atoms with van der Waals surface area (Å²) >= 11 is 0. The molecule has 0 aliphatic carbocycles. The van der Waals surface area contributed by atoms with Gasteiger partial charge in [-0.05, 0) is 19.3 Å². The van der Waals surface area contributed by atoms with E-state index in [4.69, 9.17) is 4.74 Å². The number of hydrogen-bond donors (Lipinski definition) is 0. The highest BCUT2D eigenvalue weighted by Crippen LogP contribution is 2.12. The number of amides is 1. The lowest BCUT2D eigenvalue weighted by molar-refractivity contribution is 0.0989. The molecular formula is C29H59NO2. The fourth-order valence-corrected chi connectivity index (χ4v) is 4.30. The first-order chi connectivity index (χ1) is 15.8. The van der Waals surface area contributed by atoms with Crippen LogP contribution in [-0.2, 0) is 4.74 Å². The number of nitrogens with zero attached hydrogens (tertiary/aromatic N) is 1. The summed E-state index contributed by atoms with van der Waals surface area (Å²) in [6.07, 6.45) is 28.2. The standard InChI is InChI=1S/C29H59NO2/c1-4-7-10-13-16-18-20-23-26-30(27-24-21-19-17-14-11-8-5-2)29(31)32-28-25-22-15-12-9-6-3/h4-28H2,1-3H3. The molecule has 0 spiro atoms. The van der Waals surface area contributed by atoms with Crippen molar-refractivity contribution in [2.24, 2.45) is 0 Å². The van der Waals surface area contributed by atoms with E-state index in [0.29, 0.717) is 6.61 Å². The Labute approximate surface area is 202 Å². The smallest absolute Gasteiger partial charge is 0.409 e. The van der Waals surface area contributed by atoms with Gasteiger partial charge in [0, 0.05) is 13.1 Å². The number of hydrogen-bond acceptors (Lipinski definition) is 2. The average molecular weight is 454 g/mol. The zero-order valence-electron chi connectivity index (χ0n) is 22.4. The molecule has 0 fully saturated rings. The third kappa shape index (κ3) is 22.5. The fraction of sp³-hybridized carbons (Fsp3) is 0.966. The van der Waals surface area contributed by atoms with E-state index in [1.807, 2.05) is 4.90 Å². The predicted octanol–water partition coefficient (Wildman–Crippen LogP) is 10.1. The van der Waals surface area contributed by atoms with E-state index in [1.54, 1.807) is 0 Å². The Hall–Kier alpha value is -0.730. The van der Waals surface area contributed by atoms with E-state index < -0.39 is 0 Å². The van der Waals surface area contributed by atoms with Crippen LogP contribution in [0, 0.1) is 0 Å². The molecule has 0 bridgehead atoms. The van der Waals surface area contributed by atoms with E-state index in [1.165, 1.54) is 122 Å². The van der Waals surface area contributed by atoms with Gasteiger partial charge in [-0.1, -0.05) is 143 Å². The predicted molar refractivity (Wildman–Crippen MR) is 142 cm³/mol. The van der Waals surface area contributed by atoms with Crippen LogP contribution < -0.4 is 0 Å². The highest BCUT2D eigenvalue weighted by atomic mass is 16.6. The third-order valence-corrected chi connectivity index (χ3v) is 6.54. The molecule has 0 unspecified atom stereocenters. The van der Waals surface area contributed by atoms with E-state index in [0.717, 1.165) is 32.4 Å². The number of ether oxygens (including phenoxy) is 1. The summed E-state index contributed by atoms with van der Waals surface area (Å²) in [6.45, 7) is 9.13. The van der Waals surface area contributed by atoms with E-state index >= 15 is 0 Å². The molecule has 0 aliphatic heterocycles. The van der Waals surface area contributed by atoms with Crippen molar-refractivity contribution in [3.05, 3.63) is 0 Å². The van der Waals surface area contributed by atoms with Gasteiger partial charge in [0.25, 0.3) is 0 Å². The van der Waals surface area contributed by atoms with Crippen LogP contribution in [0.1, 0.15) is 162 Å². The van der Waals surface area contributed by atoms with E-state index in [2.05, 4.69) is 20.8 Å². The summed E-state index contributed by atoms with van der Waals surface area (Å²) in [5.74, 6) is 0. The van der Waals surface area contributed by atoms with Crippen LogP contribution in [0.5, 0.6) is 0 Å². The molecule has 0 N–H and O–H groups in total. The van der Waals surface area contributed by atoms with Crippen LogP contribution in [-0.4, -0.2) is 30.7 Å². The van der Waals surface area contributed by atoms with Gasteiger partial charge in [-0.2, -0.15) is 0 Å². The van der Waals surface area contributed by atoms with Gasteiger partial charge in [0.15, 0.2) is 0 Å². The molecule has 0 heterocycles. The zero-order valence-corrected chi connectivity index (χ0v) is 22.4. The number of carbonyl (C=O) groups excluding carboxylic acids is 1.